The standard InChI is InChI=1S/C27H20Cl2N6O3/c28-18-12-7-13-19(29)24(18)34-26(37)23-25(27(34)38)33(32-30-23)15-22(36)35-21(17-10-5-2-6-11-17)14-20(31-35)16-8-3-1-4-9-16/h1-13,21,23,25H,14-15H2/t21-,23-,25-/m0/s1. The molecular formula is C27H20Cl2N6O3. The summed E-state index contributed by atoms with van der Waals surface area (Å²) in [6.45, 7) is -0.289. The van der Waals surface area contributed by atoms with Crippen LogP contribution in [0.4, 0.5) is 5.69 Å². The van der Waals surface area contributed by atoms with E-state index < -0.39 is 23.9 Å². The summed E-state index contributed by atoms with van der Waals surface area (Å²) >= 11 is 12.5. The Hall–Kier alpha value is -4.08. The van der Waals surface area contributed by atoms with Gasteiger partial charge in [0, 0.05) is 6.42 Å². The van der Waals surface area contributed by atoms with Crippen LogP contribution in [0.25, 0.3) is 0 Å². The first-order chi connectivity index (χ1) is 18.4. The molecule has 0 spiro atoms. The molecule has 3 heterocycles. The fourth-order valence-corrected chi connectivity index (χ4v) is 5.53. The van der Waals surface area contributed by atoms with Crippen LogP contribution in [0.5, 0.6) is 0 Å². The van der Waals surface area contributed by atoms with E-state index in [9.17, 15) is 14.4 Å². The lowest BCUT2D eigenvalue weighted by atomic mass is 9.98. The Morgan fingerprint density at radius 2 is 1.53 bits per heavy atom. The zero-order chi connectivity index (χ0) is 26.4. The van der Waals surface area contributed by atoms with E-state index in [-0.39, 0.29) is 34.2 Å². The van der Waals surface area contributed by atoms with Gasteiger partial charge in [-0.15, -0.1) is 0 Å². The number of halogens is 2. The van der Waals surface area contributed by atoms with Crippen molar-refractivity contribution in [1.29, 1.82) is 0 Å². The van der Waals surface area contributed by atoms with Crippen molar-refractivity contribution < 1.29 is 14.4 Å². The summed E-state index contributed by atoms with van der Waals surface area (Å²) in [6.07, 6.45) is 0.531. The second kappa shape index (κ2) is 9.66. The molecule has 3 amide bonds. The van der Waals surface area contributed by atoms with E-state index in [1.54, 1.807) is 18.2 Å². The van der Waals surface area contributed by atoms with Gasteiger partial charge in [-0.25, -0.2) is 9.91 Å². The summed E-state index contributed by atoms with van der Waals surface area (Å²) in [4.78, 5) is 41.1. The maximum absolute atomic E-state index is 13.6. The van der Waals surface area contributed by atoms with Crippen LogP contribution in [0.3, 0.4) is 0 Å². The molecule has 1 fully saturated rings. The molecule has 3 aliphatic heterocycles. The van der Waals surface area contributed by atoms with Crippen molar-refractivity contribution in [2.45, 2.75) is 24.5 Å². The van der Waals surface area contributed by atoms with E-state index in [1.165, 1.54) is 10.0 Å². The number of hydrogen-bond donors (Lipinski definition) is 0. The average Bonchev–Trinajstić information content (AvgIpc) is 3.62. The topological polar surface area (TPSA) is 98.0 Å². The van der Waals surface area contributed by atoms with Crippen LogP contribution in [-0.4, -0.2) is 52.1 Å². The Labute approximate surface area is 227 Å². The molecule has 3 aromatic carbocycles. The number of imide groups is 1. The summed E-state index contributed by atoms with van der Waals surface area (Å²) in [7, 11) is 0. The number of anilines is 1. The molecule has 3 atom stereocenters. The number of fused-ring (bicyclic) bond motifs is 1. The number of hydrogen-bond acceptors (Lipinski definition) is 7. The van der Waals surface area contributed by atoms with Crippen molar-refractivity contribution in [3.63, 3.8) is 0 Å². The van der Waals surface area contributed by atoms with Gasteiger partial charge < -0.3 is 0 Å². The van der Waals surface area contributed by atoms with E-state index >= 15 is 0 Å². The monoisotopic (exact) mass is 546 g/mol. The number of benzene rings is 3. The molecule has 38 heavy (non-hydrogen) atoms. The first-order valence-corrected chi connectivity index (χ1v) is 12.7. The summed E-state index contributed by atoms with van der Waals surface area (Å²) in [5.41, 5.74) is 2.74. The third kappa shape index (κ3) is 4.04. The Bertz CT molecular complexity index is 1480. The van der Waals surface area contributed by atoms with Crippen molar-refractivity contribution in [1.82, 2.24) is 10.0 Å². The SMILES string of the molecule is O=C1[C@H]2N=NN(CC(=O)N3N=C(c4ccccc4)C[C@H]3c3ccccc3)[C@@H]2C(=O)N1c1c(Cl)cccc1Cl. The second-order valence-electron chi connectivity index (χ2n) is 9.06. The van der Waals surface area contributed by atoms with E-state index in [1.807, 2.05) is 60.7 Å². The van der Waals surface area contributed by atoms with Crippen molar-refractivity contribution >= 4 is 52.3 Å². The molecule has 3 aromatic rings. The highest BCUT2D eigenvalue weighted by molar-refractivity contribution is 6.42. The van der Waals surface area contributed by atoms with Gasteiger partial charge >= 0.3 is 0 Å². The Morgan fingerprint density at radius 1 is 0.868 bits per heavy atom. The first-order valence-electron chi connectivity index (χ1n) is 11.9. The molecule has 6 rings (SSSR count). The highest BCUT2D eigenvalue weighted by Crippen LogP contribution is 2.40. The molecule has 190 valence electrons. The Kier molecular flexibility index (Phi) is 6.17. The highest BCUT2D eigenvalue weighted by Gasteiger charge is 2.56. The molecule has 9 nitrogen and oxygen atoms in total. The molecule has 1 saturated heterocycles. The number of nitrogens with zero attached hydrogens (tertiary/aromatic N) is 6. The maximum atomic E-state index is 13.6. The van der Waals surface area contributed by atoms with Gasteiger partial charge in [-0.05, 0) is 23.3 Å². The zero-order valence-electron chi connectivity index (χ0n) is 19.8. The zero-order valence-corrected chi connectivity index (χ0v) is 21.3. The summed E-state index contributed by atoms with van der Waals surface area (Å²) in [5, 5.41) is 15.7. The van der Waals surface area contributed by atoms with Gasteiger partial charge in [0.1, 0.15) is 6.54 Å². The predicted octanol–water partition coefficient (Wildman–Crippen LogP) is 4.66. The lowest BCUT2D eigenvalue weighted by molar-refractivity contribution is -0.135. The van der Waals surface area contributed by atoms with E-state index in [0.29, 0.717) is 6.42 Å². The molecule has 0 aliphatic carbocycles. The van der Waals surface area contributed by atoms with Crippen LogP contribution in [0.1, 0.15) is 23.6 Å². The first kappa shape index (κ1) is 24.3. The quantitative estimate of drug-likeness (QED) is 0.434. The minimum atomic E-state index is -1.09. The lowest BCUT2D eigenvalue weighted by Gasteiger charge is -2.25. The molecule has 0 radical (unpaired) electrons. The van der Waals surface area contributed by atoms with Gasteiger partial charge in [0.25, 0.3) is 17.7 Å². The highest BCUT2D eigenvalue weighted by atomic mass is 35.5. The number of amides is 3. The van der Waals surface area contributed by atoms with Gasteiger partial charge in [-0.2, -0.15) is 10.2 Å². The number of rotatable bonds is 5. The molecule has 11 heteroatoms. The van der Waals surface area contributed by atoms with Gasteiger partial charge in [0.15, 0.2) is 12.1 Å². The number of carbonyl (C=O) groups is 3. The van der Waals surface area contributed by atoms with Gasteiger partial charge in [-0.3, -0.25) is 19.4 Å². The summed E-state index contributed by atoms with van der Waals surface area (Å²) in [5.74, 6) is -1.57. The number of hydrazone groups is 1. The van der Waals surface area contributed by atoms with Gasteiger partial charge in [0.05, 0.1) is 27.5 Å². The van der Waals surface area contributed by atoms with Crippen LogP contribution in [0.2, 0.25) is 10.0 Å². The van der Waals surface area contributed by atoms with E-state index in [0.717, 1.165) is 21.7 Å². The third-order valence-corrected chi connectivity index (χ3v) is 7.38. The minimum absolute atomic E-state index is 0.0995. The molecule has 0 saturated carbocycles. The summed E-state index contributed by atoms with van der Waals surface area (Å²) < 4.78 is 0. The van der Waals surface area contributed by atoms with Crippen molar-refractivity contribution in [2.75, 3.05) is 11.4 Å². The second-order valence-corrected chi connectivity index (χ2v) is 9.87. The smallest absolute Gasteiger partial charge is 0.264 e. The van der Waals surface area contributed by atoms with Gasteiger partial charge in [0.2, 0.25) is 0 Å². The number of para-hydroxylation sites is 1. The lowest BCUT2D eigenvalue weighted by Crippen LogP contribution is -2.44. The van der Waals surface area contributed by atoms with Crippen LogP contribution in [0, 0.1) is 0 Å². The maximum Gasteiger partial charge on any atom is 0.264 e. The minimum Gasteiger partial charge on any atom is -0.271 e. The van der Waals surface area contributed by atoms with E-state index in [2.05, 4.69) is 15.4 Å². The molecule has 0 unspecified atom stereocenters. The molecule has 0 aromatic heterocycles. The molecule has 0 bridgehead atoms. The van der Waals surface area contributed by atoms with Crippen molar-refractivity contribution in [2.24, 2.45) is 15.4 Å². The Balaban J connectivity index is 1.27. The molecular weight excluding hydrogens is 527 g/mol. The number of carbonyl (C=O) groups excluding carboxylic acids is 3. The van der Waals surface area contributed by atoms with Crippen LogP contribution in [-0.2, 0) is 14.4 Å². The predicted molar refractivity (Wildman–Crippen MR) is 142 cm³/mol. The van der Waals surface area contributed by atoms with Crippen LogP contribution >= 0.6 is 23.2 Å². The average molecular weight is 547 g/mol. The van der Waals surface area contributed by atoms with E-state index in [4.69, 9.17) is 23.2 Å². The van der Waals surface area contributed by atoms with Gasteiger partial charge in [-0.1, -0.05) is 95.2 Å². The molecule has 3 aliphatic rings. The third-order valence-electron chi connectivity index (χ3n) is 6.77. The van der Waals surface area contributed by atoms with Crippen molar-refractivity contribution in [3.8, 4) is 0 Å². The fraction of sp³-hybridized carbons (Fsp3) is 0.185. The molecule has 0 N–H and O–H groups in total. The summed E-state index contributed by atoms with van der Waals surface area (Å²) in [6, 6.07) is 21.5. The van der Waals surface area contributed by atoms with Crippen LogP contribution in [0.15, 0.2) is 94.3 Å². The fourth-order valence-electron chi connectivity index (χ4n) is 4.97. The largest absolute Gasteiger partial charge is 0.271 e. The normalized spacial score (nSPS) is 22.3. The van der Waals surface area contributed by atoms with Crippen molar-refractivity contribution in [3.05, 3.63) is 100 Å². The Morgan fingerprint density at radius 3 is 2.21 bits per heavy atom. The van der Waals surface area contributed by atoms with Crippen LogP contribution < -0.4 is 4.90 Å².